The Balaban J connectivity index is 1.27. The minimum Gasteiger partial charge on any atom is -0.461 e. The van der Waals surface area contributed by atoms with Crippen LogP contribution in [0.2, 0.25) is 0 Å². The minimum atomic E-state index is -0.178. The third-order valence-electron chi connectivity index (χ3n) is 4.79. The summed E-state index contributed by atoms with van der Waals surface area (Å²) in [5, 5.41) is 10.2. The lowest BCUT2D eigenvalue weighted by atomic mass is 10.2. The van der Waals surface area contributed by atoms with Crippen molar-refractivity contribution >= 4 is 51.4 Å². The van der Waals surface area contributed by atoms with E-state index in [9.17, 15) is 4.79 Å². The second-order valence-corrected chi connectivity index (χ2v) is 7.58. The Labute approximate surface area is 180 Å². The molecule has 3 N–H and O–H groups in total. The number of aryl methyl sites for hydroxylation is 1. The Morgan fingerprint density at radius 1 is 1.13 bits per heavy atom. The van der Waals surface area contributed by atoms with Crippen LogP contribution in [0, 0.1) is 6.92 Å². The number of aliphatic imine (C=N–C) groups is 1. The fraction of sp³-hybridized carbons (Fsp3) is 0.227. The van der Waals surface area contributed by atoms with Crippen LogP contribution < -0.4 is 16.0 Å². The molecule has 7 nitrogen and oxygen atoms in total. The fourth-order valence-electron chi connectivity index (χ4n) is 3.34. The van der Waals surface area contributed by atoms with Gasteiger partial charge in [0.15, 0.2) is 5.11 Å². The van der Waals surface area contributed by atoms with Crippen LogP contribution in [0.5, 0.6) is 0 Å². The SMILES string of the molecule is Cc1cc2cc(NC(=S)NCC(=O)Nc3ccc(C4=NCCN4C)cc3)ccc2o1. The number of likely N-dealkylation sites (N-methyl/N-ethyl adjacent to an activating group) is 1. The van der Waals surface area contributed by atoms with Crippen LogP contribution in [0.15, 0.2) is 57.9 Å². The van der Waals surface area contributed by atoms with E-state index in [1.54, 1.807) is 0 Å². The minimum absolute atomic E-state index is 0.0656. The summed E-state index contributed by atoms with van der Waals surface area (Å²) in [7, 11) is 2.03. The lowest BCUT2D eigenvalue weighted by molar-refractivity contribution is -0.115. The molecule has 2 heterocycles. The van der Waals surface area contributed by atoms with E-state index in [-0.39, 0.29) is 12.5 Å². The predicted octanol–water partition coefficient (Wildman–Crippen LogP) is 3.36. The van der Waals surface area contributed by atoms with Crippen LogP contribution in [0.25, 0.3) is 11.0 Å². The number of nitrogens with one attached hydrogen (secondary N) is 3. The normalized spacial score (nSPS) is 13.3. The average molecular weight is 422 g/mol. The van der Waals surface area contributed by atoms with E-state index in [0.29, 0.717) is 5.11 Å². The quantitative estimate of drug-likeness (QED) is 0.548. The number of amidine groups is 1. The molecule has 30 heavy (non-hydrogen) atoms. The number of anilines is 2. The van der Waals surface area contributed by atoms with Gasteiger partial charge in [0, 0.05) is 35.9 Å². The number of furan rings is 1. The number of hydrogen-bond acceptors (Lipinski definition) is 5. The average Bonchev–Trinajstić information content (AvgIpc) is 3.31. The van der Waals surface area contributed by atoms with E-state index in [1.165, 1.54) is 0 Å². The third kappa shape index (κ3) is 4.60. The van der Waals surface area contributed by atoms with Gasteiger partial charge in [-0.15, -0.1) is 0 Å². The number of hydrogen-bond donors (Lipinski definition) is 3. The van der Waals surface area contributed by atoms with Gasteiger partial charge in [-0.2, -0.15) is 0 Å². The molecule has 0 saturated heterocycles. The third-order valence-corrected chi connectivity index (χ3v) is 5.04. The summed E-state index contributed by atoms with van der Waals surface area (Å²) < 4.78 is 5.57. The first-order valence-electron chi connectivity index (χ1n) is 9.69. The molecule has 1 aliphatic heterocycles. The van der Waals surface area contributed by atoms with Crippen LogP contribution in [0.3, 0.4) is 0 Å². The first kappa shape index (κ1) is 19.9. The van der Waals surface area contributed by atoms with Crippen molar-refractivity contribution in [3.8, 4) is 0 Å². The van der Waals surface area contributed by atoms with E-state index in [4.69, 9.17) is 16.6 Å². The van der Waals surface area contributed by atoms with Gasteiger partial charge in [0.2, 0.25) is 5.91 Å². The Hall–Kier alpha value is -3.39. The highest BCUT2D eigenvalue weighted by Gasteiger charge is 2.14. The molecule has 1 aliphatic rings. The summed E-state index contributed by atoms with van der Waals surface area (Å²) in [5.41, 5.74) is 3.43. The predicted molar refractivity (Wildman–Crippen MR) is 124 cm³/mol. The van der Waals surface area contributed by atoms with Crippen molar-refractivity contribution in [2.45, 2.75) is 6.92 Å². The van der Waals surface area contributed by atoms with Crippen molar-refractivity contribution < 1.29 is 9.21 Å². The lowest BCUT2D eigenvalue weighted by Crippen LogP contribution is -2.35. The molecule has 0 unspecified atom stereocenters. The van der Waals surface area contributed by atoms with E-state index < -0.39 is 0 Å². The molecule has 0 radical (unpaired) electrons. The molecule has 154 valence electrons. The van der Waals surface area contributed by atoms with Crippen molar-refractivity contribution in [1.29, 1.82) is 0 Å². The summed E-state index contributed by atoms with van der Waals surface area (Å²) in [6.45, 7) is 3.73. The topological polar surface area (TPSA) is 81.9 Å². The Bertz CT molecular complexity index is 1120. The largest absolute Gasteiger partial charge is 0.461 e. The molecule has 0 aliphatic carbocycles. The van der Waals surface area contributed by atoms with Gasteiger partial charge in [-0.25, -0.2) is 0 Å². The van der Waals surface area contributed by atoms with Crippen LogP contribution in [0.4, 0.5) is 11.4 Å². The summed E-state index contributed by atoms with van der Waals surface area (Å²) in [6.07, 6.45) is 0. The second kappa shape index (κ2) is 8.54. The van der Waals surface area contributed by atoms with Gasteiger partial charge >= 0.3 is 0 Å². The van der Waals surface area contributed by atoms with E-state index in [1.807, 2.05) is 62.5 Å². The maximum atomic E-state index is 12.2. The van der Waals surface area contributed by atoms with Crippen LogP contribution >= 0.6 is 12.2 Å². The number of carbonyl (C=O) groups excluding carboxylic acids is 1. The smallest absolute Gasteiger partial charge is 0.243 e. The summed E-state index contributed by atoms with van der Waals surface area (Å²) in [5.74, 6) is 1.66. The first-order valence-corrected chi connectivity index (χ1v) is 10.1. The number of rotatable bonds is 5. The van der Waals surface area contributed by atoms with Gasteiger partial charge in [-0.1, -0.05) is 0 Å². The van der Waals surface area contributed by atoms with Crippen molar-refractivity contribution in [1.82, 2.24) is 10.2 Å². The standard InChI is InChI=1S/C22H23N5O2S/c1-14-11-16-12-18(7-8-19(16)29-14)26-22(30)24-13-20(28)25-17-5-3-15(4-6-17)21-23-9-10-27(21)2/h3-8,11-12H,9-10,13H2,1-2H3,(H,25,28)(H2,24,26,30). The second-order valence-electron chi connectivity index (χ2n) is 7.17. The number of fused-ring (bicyclic) bond motifs is 1. The fourth-order valence-corrected chi connectivity index (χ4v) is 3.53. The summed E-state index contributed by atoms with van der Waals surface area (Å²) in [6, 6.07) is 15.4. The van der Waals surface area contributed by atoms with E-state index in [2.05, 4.69) is 25.8 Å². The van der Waals surface area contributed by atoms with Crippen molar-refractivity contribution in [3.05, 3.63) is 59.9 Å². The molecule has 0 bridgehead atoms. The van der Waals surface area contributed by atoms with Gasteiger partial charge in [-0.3, -0.25) is 9.79 Å². The van der Waals surface area contributed by atoms with Crippen molar-refractivity contribution in [2.24, 2.45) is 4.99 Å². The number of benzene rings is 2. The summed E-state index contributed by atoms with van der Waals surface area (Å²) in [4.78, 5) is 18.9. The number of carbonyl (C=O) groups is 1. The van der Waals surface area contributed by atoms with Gasteiger partial charge < -0.3 is 25.3 Å². The molecule has 0 saturated carbocycles. The number of thiocarbonyl (C=S) groups is 1. The Morgan fingerprint density at radius 2 is 1.90 bits per heavy atom. The molecule has 0 fully saturated rings. The van der Waals surface area contributed by atoms with Gasteiger partial charge in [0.1, 0.15) is 17.2 Å². The van der Waals surface area contributed by atoms with Crippen LogP contribution in [-0.2, 0) is 4.79 Å². The summed E-state index contributed by atoms with van der Waals surface area (Å²) >= 11 is 5.29. The zero-order valence-corrected chi connectivity index (χ0v) is 17.7. The number of nitrogens with zero attached hydrogens (tertiary/aromatic N) is 2. The lowest BCUT2D eigenvalue weighted by Gasteiger charge is -2.14. The van der Waals surface area contributed by atoms with Crippen molar-refractivity contribution in [3.63, 3.8) is 0 Å². The molecule has 0 spiro atoms. The molecule has 1 amide bonds. The maximum Gasteiger partial charge on any atom is 0.243 e. The highest BCUT2D eigenvalue weighted by atomic mass is 32.1. The molecular formula is C22H23N5O2S. The van der Waals surface area contributed by atoms with Gasteiger partial charge in [-0.05, 0) is 67.7 Å². The number of amides is 1. The van der Waals surface area contributed by atoms with E-state index in [0.717, 1.165) is 52.6 Å². The molecule has 3 aromatic rings. The van der Waals surface area contributed by atoms with Crippen LogP contribution in [0.1, 0.15) is 11.3 Å². The van der Waals surface area contributed by atoms with Gasteiger partial charge in [0.25, 0.3) is 0 Å². The maximum absolute atomic E-state index is 12.2. The molecule has 8 heteroatoms. The zero-order valence-electron chi connectivity index (χ0n) is 16.9. The van der Waals surface area contributed by atoms with Crippen LogP contribution in [-0.4, -0.2) is 48.4 Å². The molecule has 1 aromatic heterocycles. The van der Waals surface area contributed by atoms with E-state index >= 15 is 0 Å². The van der Waals surface area contributed by atoms with Gasteiger partial charge in [0.05, 0.1) is 13.1 Å². The highest BCUT2D eigenvalue weighted by molar-refractivity contribution is 7.80. The molecule has 4 rings (SSSR count). The molecular weight excluding hydrogens is 398 g/mol. The monoisotopic (exact) mass is 421 g/mol. The first-order chi connectivity index (χ1) is 14.5. The molecule has 0 atom stereocenters. The Kier molecular flexibility index (Phi) is 5.67. The molecule has 2 aromatic carbocycles. The highest BCUT2D eigenvalue weighted by Crippen LogP contribution is 2.22. The zero-order chi connectivity index (χ0) is 21.1. The Morgan fingerprint density at radius 3 is 2.63 bits per heavy atom. The van der Waals surface area contributed by atoms with Crippen molar-refractivity contribution in [2.75, 3.05) is 37.3 Å².